The van der Waals surface area contributed by atoms with Gasteiger partial charge in [-0.05, 0) is 25.1 Å². The number of benzene rings is 2. The second-order valence-corrected chi connectivity index (χ2v) is 5.11. The van der Waals surface area contributed by atoms with Gasteiger partial charge < -0.3 is 5.32 Å². The molecule has 1 amide bonds. The minimum Gasteiger partial charge on any atom is -0.324 e. The van der Waals surface area contributed by atoms with Gasteiger partial charge in [-0.2, -0.15) is 0 Å². The van der Waals surface area contributed by atoms with Gasteiger partial charge in [-0.15, -0.1) is 0 Å². The highest BCUT2D eigenvalue weighted by atomic mass is 19.1. The number of nitro benzene ring substituents is 1. The van der Waals surface area contributed by atoms with E-state index in [4.69, 9.17) is 0 Å². The third kappa shape index (κ3) is 2.68. The Hall–Kier alpha value is -3.09. The molecule has 1 N–H and O–H groups in total. The normalized spacial score (nSPS) is 16.9. The molecule has 0 spiro atoms. The fourth-order valence-electron chi connectivity index (χ4n) is 2.38. The van der Waals surface area contributed by atoms with E-state index in [0.29, 0.717) is 11.3 Å². The molecule has 0 aromatic heterocycles. The van der Waals surface area contributed by atoms with Gasteiger partial charge in [0.05, 0.1) is 16.3 Å². The number of non-ortho nitro benzene ring substituents is 1. The van der Waals surface area contributed by atoms with Crippen molar-refractivity contribution in [2.45, 2.75) is 13.0 Å². The molecule has 7 heteroatoms. The standard InChI is InChI=1S/C16H12FN3O3/c1-9-16(21)19-14-7-6-10(20(22)23)8-12(14)15(18-9)11-4-2-3-5-13(11)17/h2-9H,1H3,(H,19,21). The van der Waals surface area contributed by atoms with E-state index < -0.39 is 16.8 Å². The van der Waals surface area contributed by atoms with Crippen molar-refractivity contribution in [1.82, 2.24) is 0 Å². The van der Waals surface area contributed by atoms with Crippen molar-refractivity contribution in [2.75, 3.05) is 5.32 Å². The van der Waals surface area contributed by atoms with E-state index in [0.717, 1.165) is 0 Å². The highest BCUT2D eigenvalue weighted by molar-refractivity contribution is 6.20. The highest BCUT2D eigenvalue weighted by Crippen LogP contribution is 2.28. The van der Waals surface area contributed by atoms with Crippen molar-refractivity contribution in [3.8, 4) is 0 Å². The molecule has 3 rings (SSSR count). The van der Waals surface area contributed by atoms with Crippen LogP contribution in [0.1, 0.15) is 18.1 Å². The van der Waals surface area contributed by atoms with Gasteiger partial charge in [-0.3, -0.25) is 19.9 Å². The van der Waals surface area contributed by atoms with E-state index in [-0.39, 0.29) is 22.9 Å². The van der Waals surface area contributed by atoms with Crippen molar-refractivity contribution < 1.29 is 14.1 Å². The number of benzodiazepines with no additional fused rings is 1. The van der Waals surface area contributed by atoms with E-state index >= 15 is 0 Å². The van der Waals surface area contributed by atoms with Gasteiger partial charge in [0, 0.05) is 23.3 Å². The first-order valence-electron chi connectivity index (χ1n) is 6.90. The third-order valence-corrected chi connectivity index (χ3v) is 3.56. The number of aliphatic imine (C=N–C) groups is 1. The fourth-order valence-corrected chi connectivity index (χ4v) is 2.38. The number of halogens is 1. The summed E-state index contributed by atoms with van der Waals surface area (Å²) < 4.78 is 14.2. The molecule has 0 aliphatic carbocycles. The van der Waals surface area contributed by atoms with Gasteiger partial charge in [0.15, 0.2) is 0 Å². The van der Waals surface area contributed by atoms with Crippen LogP contribution in [0.15, 0.2) is 47.5 Å². The number of hydrogen-bond donors (Lipinski definition) is 1. The first kappa shape index (κ1) is 14.8. The van der Waals surface area contributed by atoms with Gasteiger partial charge in [-0.1, -0.05) is 12.1 Å². The Morgan fingerprint density at radius 3 is 2.65 bits per heavy atom. The molecular formula is C16H12FN3O3. The lowest BCUT2D eigenvalue weighted by molar-refractivity contribution is -0.384. The van der Waals surface area contributed by atoms with E-state index in [1.54, 1.807) is 13.0 Å². The quantitative estimate of drug-likeness (QED) is 0.683. The molecule has 0 radical (unpaired) electrons. The number of amides is 1. The average Bonchev–Trinajstić information content (AvgIpc) is 2.64. The molecule has 1 atom stereocenters. The largest absolute Gasteiger partial charge is 0.324 e. The molecule has 0 bridgehead atoms. The second kappa shape index (κ2) is 5.60. The minimum absolute atomic E-state index is 0.156. The van der Waals surface area contributed by atoms with E-state index in [2.05, 4.69) is 10.3 Å². The Kier molecular flexibility index (Phi) is 3.61. The molecule has 1 heterocycles. The monoisotopic (exact) mass is 313 g/mol. The summed E-state index contributed by atoms with van der Waals surface area (Å²) in [5.74, 6) is -0.864. The lowest BCUT2D eigenvalue weighted by atomic mass is 9.99. The number of rotatable bonds is 2. The first-order valence-corrected chi connectivity index (χ1v) is 6.90. The number of fused-ring (bicyclic) bond motifs is 1. The maximum atomic E-state index is 14.2. The molecule has 116 valence electrons. The number of carbonyl (C=O) groups excluding carboxylic acids is 1. The van der Waals surface area contributed by atoms with Gasteiger partial charge in [0.2, 0.25) is 5.91 Å². The van der Waals surface area contributed by atoms with Crippen LogP contribution in [0.25, 0.3) is 0 Å². The van der Waals surface area contributed by atoms with Crippen LogP contribution >= 0.6 is 0 Å². The van der Waals surface area contributed by atoms with Crippen LogP contribution in [0.2, 0.25) is 0 Å². The van der Waals surface area contributed by atoms with Crippen LogP contribution in [0.4, 0.5) is 15.8 Å². The van der Waals surface area contributed by atoms with Crippen LogP contribution in [0, 0.1) is 15.9 Å². The van der Waals surface area contributed by atoms with Gasteiger partial charge in [0.1, 0.15) is 11.9 Å². The summed E-state index contributed by atoms with van der Waals surface area (Å²) in [5.41, 5.74) is 0.941. The number of nitro groups is 1. The van der Waals surface area contributed by atoms with Crippen molar-refractivity contribution in [2.24, 2.45) is 4.99 Å². The molecule has 6 nitrogen and oxygen atoms in total. The summed E-state index contributed by atoms with van der Waals surface area (Å²) in [4.78, 5) is 26.8. The zero-order chi connectivity index (χ0) is 16.6. The van der Waals surface area contributed by atoms with Crippen LogP contribution in [-0.2, 0) is 4.79 Å². The molecule has 2 aromatic rings. The zero-order valence-corrected chi connectivity index (χ0v) is 12.1. The Bertz CT molecular complexity index is 848. The van der Waals surface area contributed by atoms with Crippen LogP contribution < -0.4 is 5.32 Å². The molecule has 1 aliphatic rings. The molecule has 0 saturated carbocycles. The summed E-state index contributed by atoms with van der Waals surface area (Å²) in [7, 11) is 0. The number of nitrogens with one attached hydrogen (secondary N) is 1. The summed E-state index contributed by atoms with van der Waals surface area (Å²) in [6.45, 7) is 1.58. The van der Waals surface area contributed by atoms with Crippen molar-refractivity contribution in [1.29, 1.82) is 0 Å². The maximum absolute atomic E-state index is 14.2. The Labute approximate surface area is 130 Å². The lowest BCUT2D eigenvalue weighted by Gasteiger charge is -2.10. The SMILES string of the molecule is CC1N=C(c2ccccc2F)c2cc([N+](=O)[O-])ccc2NC1=O. The van der Waals surface area contributed by atoms with E-state index in [1.807, 2.05) is 0 Å². The van der Waals surface area contributed by atoms with Crippen LogP contribution in [0.3, 0.4) is 0 Å². The summed E-state index contributed by atoms with van der Waals surface area (Å²) in [6.07, 6.45) is 0. The topological polar surface area (TPSA) is 84.6 Å². The van der Waals surface area contributed by atoms with Gasteiger partial charge >= 0.3 is 0 Å². The summed E-state index contributed by atoms with van der Waals surface area (Å²) >= 11 is 0. The smallest absolute Gasteiger partial charge is 0.270 e. The number of anilines is 1. The number of nitrogens with zero attached hydrogens (tertiary/aromatic N) is 2. The molecule has 1 unspecified atom stereocenters. The van der Waals surface area contributed by atoms with Crippen molar-refractivity contribution in [3.63, 3.8) is 0 Å². The molecule has 1 aliphatic heterocycles. The van der Waals surface area contributed by atoms with Crippen molar-refractivity contribution in [3.05, 3.63) is 69.5 Å². The molecular weight excluding hydrogens is 301 g/mol. The number of carbonyl (C=O) groups is 1. The zero-order valence-electron chi connectivity index (χ0n) is 12.1. The third-order valence-electron chi connectivity index (χ3n) is 3.56. The maximum Gasteiger partial charge on any atom is 0.270 e. The van der Waals surface area contributed by atoms with Crippen LogP contribution in [0.5, 0.6) is 0 Å². The first-order chi connectivity index (χ1) is 11.0. The lowest BCUT2D eigenvalue weighted by Crippen LogP contribution is -2.22. The molecule has 0 fully saturated rings. The summed E-state index contributed by atoms with van der Waals surface area (Å²) in [5, 5.41) is 13.7. The van der Waals surface area contributed by atoms with Gasteiger partial charge in [0.25, 0.3) is 5.69 Å². The Balaban J connectivity index is 2.27. The average molecular weight is 313 g/mol. The predicted octanol–water partition coefficient (Wildman–Crippen LogP) is 2.91. The minimum atomic E-state index is -0.740. The number of hydrogen-bond acceptors (Lipinski definition) is 4. The predicted molar refractivity (Wildman–Crippen MR) is 83.2 cm³/mol. The molecule has 23 heavy (non-hydrogen) atoms. The van der Waals surface area contributed by atoms with Crippen molar-refractivity contribution >= 4 is 23.0 Å². The Morgan fingerprint density at radius 2 is 1.96 bits per heavy atom. The van der Waals surface area contributed by atoms with E-state index in [1.165, 1.54) is 36.4 Å². The molecule has 2 aromatic carbocycles. The van der Waals surface area contributed by atoms with E-state index in [9.17, 15) is 19.3 Å². The fraction of sp³-hybridized carbons (Fsp3) is 0.125. The second-order valence-electron chi connectivity index (χ2n) is 5.11. The summed E-state index contributed by atoms with van der Waals surface area (Å²) in [6, 6.07) is 9.25. The van der Waals surface area contributed by atoms with Crippen LogP contribution in [-0.4, -0.2) is 22.6 Å². The molecule has 0 saturated heterocycles. The Morgan fingerprint density at radius 1 is 1.22 bits per heavy atom. The highest BCUT2D eigenvalue weighted by Gasteiger charge is 2.25. The van der Waals surface area contributed by atoms with Gasteiger partial charge in [-0.25, -0.2) is 4.39 Å².